The topological polar surface area (TPSA) is 237 Å². The second-order valence-electron chi connectivity index (χ2n) is 28.6. The number of carbonyl (C=O) groups is 4. The van der Waals surface area contributed by atoms with Crippen molar-refractivity contribution >= 4 is 39.5 Å². The third-order valence-electron chi connectivity index (χ3n) is 18.7. The Hall–Kier alpha value is -1.94. The molecule has 0 heterocycles. The van der Waals surface area contributed by atoms with Crippen LogP contribution in [0.2, 0.25) is 0 Å². The SMILES string of the molecule is CCC(C)CCCCCCCCCCCCCCCCC(=O)O[C@H](COC(=O)CCCCCCCCCCCCC(C)C)COP(=O)(O)OC[C@@H](O)COP(=O)(O)OC[C@@H](COC(=O)CCCCCCCCC(C)CC)OC(=O)CCCCCCCCCCCCC(C)CC. The largest absolute Gasteiger partial charge is 0.472 e. The summed E-state index contributed by atoms with van der Waals surface area (Å²) in [6.07, 6.45) is 49.8. The van der Waals surface area contributed by atoms with Gasteiger partial charge in [0.15, 0.2) is 12.2 Å². The van der Waals surface area contributed by atoms with Crippen LogP contribution in [-0.2, 0) is 65.4 Å². The first-order valence-corrected chi connectivity index (χ1v) is 42.3. The molecular formula is C76H148O17P2. The molecule has 0 aliphatic rings. The van der Waals surface area contributed by atoms with Crippen molar-refractivity contribution < 1.29 is 80.2 Å². The Morgan fingerprint density at radius 3 is 0.747 bits per heavy atom. The van der Waals surface area contributed by atoms with E-state index in [1.54, 1.807) is 0 Å². The highest BCUT2D eigenvalue weighted by Crippen LogP contribution is 2.45. The van der Waals surface area contributed by atoms with Crippen LogP contribution in [-0.4, -0.2) is 96.7 Å². The molecule has 0 amide bonds. The molecule has 3 N–H and O–H groups in total. The van der Waals surface area contributed by atoms with Crippen molar-refractivity contribution in [2.45, 2.75) is 401 Å². The third-order valence-corrected chi connectivity index (χ3v) is 20.6. The first kappa shape index (κ1) is 93.1. The fraction of sp³-hybridized carbons (Fsp3) is 0.947. The number of esters is 4. The smallest absolute Gasteiger partial charge is 0.462 e. The zero-order valence-electron chi connectivity index (χ0n) is 62.3. The summed E-state index contributed by atoms with van der Waals surface area (Å²) in [4.78, 5) is 72.8. The van der Waals surface area contributed by atoms with Crippen LogP contribution in [0.25, 0.3) is 0 Å². The van der Waals surface area contributed by atoms with Crippen molar-refractivity contribution in [3.8, 4) is 0 Å². The minimum absolute atomic E-state index is 0.105. The van der Waals surface area contributed by atoms with Crippen molar-refractivity contribution in [3.63, 3.8) is 0 Å². The number of hydrogen-bond acceptors (Lipinski definition) is 15. The van der Waals surface area contributed by atoms with Gasteiger partial charge in [0, 0.05) is 25.7 Å². The lowest BCUT2D eigenvalue weighted by molar-refractivity contribution is -0.161. The molecule has 0 rings (SSSR count). The Morgan fingerprint density at radius 1 is 0.295 bits per heavy atom. The molecule has 0 aromatic carbocycles. The number of aliphatic hydroxyl groups excluding tert-OH is 1. The predicted octanol–water partition coefficient (Wildman–Crippen LogP) is 22.0. The highest BCUT2D eigenvalue weighted by molar-refractivity contribution is 7.47. The Kier molecular flexibility index (Phi) is 64.0. The third kappa shape index (κ3) is 66.4. The first-order chi connectivity index (χ1) is 45.7. The summed E-state index contributed by atoms with van der Waals surface area (Å²) in [5.41, 5.74) is 0. The second-order valence-corrected chi connectivity index (χ2v) is 31.5. The number of unbranched alkanes of at least 4 members (excludes halogenated alkanes) is 36. The lowest BCUT2D eigenvalue weighted by atomic mass is 9.99. The Bertz CT molecular complexity index is 1870. The molecule has 0 fully saturated rings. The highest BCUT2D eigenvalue weighted by Gasteiger charge is 2.30. The van der Waals surface area contributed by atoms with Gasteiger partial charge in [0.05, 0.1) is 26.4 Å². The van der Waals surface area contributed by atoms with E-state index in [0.717, 1.165) is 120 Å². The van der Waals surface area contributed by atoms with Crippen LogP contribution in [0.4, 0.5) is 0 Å². The monoisotopic (exact) mass is 1400 g/mol. The maximum absolute atomic E-state index is 13.1. The van der Waals surface area contributed by atoms with E-state index in [4.69, 9.17) is 37.0 Å². The molecule has 0 aromatic heterocycles. The number of ether oxygens (including phenoxy) is 4. The minimum Gasteiger partial charge on any atom is -0.462 e. The zero-order chi connectivity index (χ0) is 70.3. The summed E-state index contributed by atoms with van der Waals surface area (Å²) < 4.78 is 68.5. The zero-order valence-corrected chi connectivity index (χ0v) is 64.1. The molecule has 0 aromatic rings. The van der Waals surface area contributed by atoms with Crippen LogP contribution < -0.4 is 0 Å². The van der Waals surface area contributed by atoms with Gasteiger partial charge in [-0.15, -0.1) is 0 Å². The molecule has 0 saturated heterocycles. The van der Waals surface area contributed by atoms with Gasteiger partial charge in [0.25, 0.3) is 0 Å². The normalized spacial score (nSPS) is 15.0. The second kappa shape index (κ2) is 65.4. The van der Waals surface area contributed by atoms with E-state index in [1.807, 2.05) is 0 Å². The molecule has 5 unspecified atom stereocenters. The van der Waals surface area contributed by atoms with E-state index < -0.39 is 97.5 Å². The lowest BCUT2D eigenvalue weighted by Gasteiger charge is -2.21. The van der Waals surface area contributed by atoms with Crippen molar-refractivity contribution in [1.29, 1.82) is 0 Å². The van der Waals surface area contributed by atoms with Gasteiger partial charge in [-0.1, -0.05) is 331 Å². The van der Waals surface area contributed by atoms with E-state index in [2.05, 4.69) is 55.4 Å². The quantitative estimate of drug-likeness (QED) is 0.0222. The molecule has 0 bridgehead atoms. The molecule has 0 aliphatic heterocycles. The molecule has 17 nitrogen and oxygen atoms in total. The van der Waals surface area contributed by atoms with Gasteiger partial charge < -0.3 is 33.8 Å². The fourth-order valence-corrected chi connectivity index (χ4v) is 13.0. The first-order valence-electron chi connectivity index (χ1n) is 39.3. The van der Waals surface area contributed by atoms with Crippen molar-refractivity contribution in [1.82, 2.24) is 0 Å². The average molecular weight is 1400 g/mol. The number of phosphoric acid groups is 2. The average Bonchev–Trinajstić information content (AvgIpc) is 1.71. The lowest BCUT2D eigenvalue weighted by Crippen LogP contribution is -2.30. The molecule has 95 heavy (non-hydrogen) atoms. The predicted molar refractivity (Wildman–Crippen MR) is 386 cm³/mol. The number of aliphatic hydroxyl groups is 1. The van der Waals surface area contributed by atoms with E-state index in [0.29, 0.717) is 25.7 Å². The van der Waals surface area contributed by atoms with Gasteiger partial charge in [-0.05, 0) is 49.4 Å². The minimum atomic E-state index is -4.96. The molecule has 19 heteroatoms. The summed E-state index contributed by atoms with van der Waals surface area (Å²) in [5.74, 6) is 1.02. The van der Waals surface area contributed by atoms with Gasteiger partial charge in [-0.3, -0.25) is 37.3 Å². The van der Waals surface area contributed by atoms with Crippen LogP contribution in [0.5, 0.6) is 0 Å². The highest BCUT2D eigenvalue weighted by atomic mass is 31.2. The van der Waals surface area contributed by atoms with Crippen LogP contribution in [0.3, 0.4) is 0 Å². The maximum Gasteiger partial charge on any atom is 0.472 e. The van der Waals surface area contributed by atoms with Crippen molar-refractivity contribution in [2.24, 2.45) is 23.7 Å². The van der Waals surface area contributed by atoms with Gasteiger partial charge in [-0.2, -0.15) is 0 Å². The molecule has 0 radical (unpaired) electrons. The Balaban J connectivity index is 5.26. The molecule has 0 spiro atoms. The van der Waals surface area contributed by atoms with E-state index in [-0.39, 0.29) is 25.7 Å². The van der Waals surface area contributed by atoms with Crippen LogP contribution in [0.15, 0.2) is 0 Å². The van der Waals surface area contributed by atoms with E-state index in [9.17, 15) is 43.2 Å². The Labute approximate surface area is 581 Å². The summed E-state index contributed by atoms with van der Waals surface area (Å²) >= 11 is 0. The van der Waals surface area contributed by atoms with Gasteiger partial charge in [0.2, 0.25) is 0 Å². The summed E-state index contributed by atoms with van der Waals surface area (Å²) in [5, 5.41) is 10.6. The number of rotatable bonds is 73. The van der Waals surface area contributed by atoms with E-state index in [1.165, 1.54) is 180 Å². The number of phosphoric ester groups is 2. The van der Waals surface area contributed by atoms with E-state index >= 15 is 0 Å². The standard InChI is InChI=1S/C76H148O17P2/c1-9-67(6)53-45-37-29-23-16-14-12-13-15-17-26-32-42-50-58-75(80)92-71(62-86-73(78)56-48-40-31-25-20-18-22-28-36-44-52-66(4)5)64-90-94(82,83)88-60-70(77)61-89-95(84,85)91-65-72(63-87-74(79)57-49-41-35-34-39-47-55-69(8)11-3)93-76(81)59-51-43-33-27-21-19-24-30-38-46-54-68(7)10-2/h66-72,77H,9-65H2,1-8H3,(H,82,83)(H,84,85)/t67?,68?,69?,70-,71-,72-/m1/s1. The van der Waals surface area contributed by atoms with Crippen molar-refractivity contribution in [3.05, 3.63) is 0 Å². The fourth-order valence-electron chi connectivity index (χ4n) is 11.5. The van der Waals surface area contributed by atoms with Gasteiger partial charge >= 0.3 is 39.5 Å². The number of carbonyl (C=O) groups excluding carboxylic acids is 4. The maximum atomic E-state index is 13.1. The molecule has 564 valence electrons. The van der Waals surface area contributed by atoms with Crippen LogP contribution in [0.1, 0.15) is 383 Å². The Morgan fingerprint density at radius 2 is 0.505 bits per heavy atom. The molecule has 0 saturated carbocycles. The number of hydrogen-bond donors (Lipinski definition) is 3. The molecular weight excluding hydrogens is 1250 g/mol. The molecule has 8 atom stereocenters. The van der Waals surface area contributed by atoms with Crippen LogP contribution >= 0.6 is 15.6 Å². The summed E-state index contributed by atoms with van der Waals surface area (Å²) in [6, 6.07) is 0. The van der Waals surface area contributed by atoms with Gasteiger partial charge in [0.1, 0.15) is 19.3 Å². The van der Waals surface area contributed by atoms with Crippen molar-refractivity contribution in [2.75, 3.05) is 39.6 Å². The molecule has 0 aliphatic carbocycles. The van der Waals surface area contributed by atoms with Crippen LogP contribution in [0, 0.1) is 23.7 Å². The summed E-state index contributed by atoms with van der Waals surface area (Å²) in [7, 11) is -9.91. The summed E-state index contributed by atoms with van der Waals surface area (Å²) in [6.45, 7) is 14.2. The van der Waals surface area contributed by atoms with Gasteiger partial charge in [-0.25, -0.2) is 9.13 Å².